The van der Waals surface area contributed by atoms with Crippen LogP contribution in [-0.4, -0.2) is 56.7 Å². The molecule has 1 saturated heterocycles. The number of piperazine rings is 1. The molecule has 1 aliphatic heterocycles. The van der Waals surface area contributed by atoms with Crippen molar-refractivity contribution in [3.8, 4) is 0 Å². The van der Waals surface area contributed by atoms with Gasteiger partial charge in [-0.05, 0) is 24.6 Å². The highest BCUT2D eigenvalue weighted by Gasteiger charge is 2.25. The van der Waals surface area contributed by atoms with Crippen LogP contribution in [0, 0.1) is 0 Å². The van der Waals surface area contributed by atoms with E-state index in [0.29, 0.717) is 26.3 Å². The summed E-state index contributed by atoms with van der Waals surface area (Å²) in [7, 11) is 0. The first-order valence-electron chi connectivity index (χ1n) is 7.75. The van der Waals surface area contributed by atoms with E-state index in [4.69, 9.17) is 16.3 Å². The van der Waals surface area contributed by atoms with E-state index in [1.165, 1.54) is 0 Å². The highest BCUT2D eigenvalue weighted by Crippen LogP contribution is 2.24. The first-order chi connectivity index (χ1) is 10.7. The van der Waals surface area contributed by atoms with Gasteiger partial charge in [-0.2, -0.15) is 0 Å². The van der Waals surface area contributed by atoms with Gasteiger partial charge in [-0.25, -0.2) is 0 Å². The molecule has 1 fully saturated rings. The normalized spacial score (nSPS) is 19.1. The second-order valence-corrected chi connectivity index (χ2v) is 5.73. The maximum absolute atomic E-state index is 12.1. The molecule has 1 aromatic rings. The highest BCUT2D eigenvalue weighted by atomic mass is 35.5. The Hall–Kier alpha value is -1.14. The monoisotopic (exact) mass is 325 g/mol. The van der Waals surface area contributed by atoms with Crippen LogP contribution in [0.25, 0.3) is 0 Å². The van der Waals surface area contributed by atoms with Crippen LogP contribution in [0.4, 0.5) is 0 Å². The van der Waals surface area contributed by atoms with Gasteiger partial charge in [0, 0.05) is 43.9 Å². The third-order valence-electron chi connectivity index (χ3n) is 3.71. The van der Waals surface area contributed by atoms with Gasteiger partial charge in [0.25, 0.3) is 0 Å². The summed E-state index contributed by atoms with van der Waals surface area (Å²) in [6.07, 6.45) is 0. The Morgan fingerprint density at radius 2 is 2.41 bits per heavy atom. The van der Waals surface area contributed by atoms with E-state index in [0.717, 1.165) is 30.2 Å². The first kappa shape index (κ1) is 17.2. The van der Waals surface area contributed by atoms with Crippen LogP contribution in [0.3, 0.4) is 0 Å². The summed E-state index contributed by atoms with van der Waals surface area (Å²) in [5.41, 5.74) is 1.14. The Kier molecular flexibility index (Phi) is 7.12. The minimum absolute atomic E-state index is 0.0358. The molecule has 2 N–H and O–H groups in total. The van der Waals surface area contributed by atoms with Gasteiger partial charge in [-0.1, -0.05) is 23.7 Å². The van der Waals surface area contributed by atoms with E-state index >= 15 is 0 Å². The summed E-state index contributed by atoms with van der Waals surface area (Å²) < 4.78 is 5.22. The number of carbonyl (C=O) groups is 1. The van der Waals surface area contributed by atoms with Crippen molar-refractivity contribution < 1.29 is 9.53 Å². The van der Waals surface area contributed by atoms with Crippen molar-refractivity contribution in [2.45, 2.75) is 13.0 Å². The maximum Gasteiger partial charge on any atom is 0.234 e. The van der Waals surface area contributed by atoms with Crippen molar-refractivity contribution in [2.24, 2.45) is 0 Å². The number of rotatable bonds is 7. The molecular weight excluding hydrogens is 302 g/mol. The minimum atomic E-state index is 0.0358. The van der Waals surface area contributed by atoms with E-state index in [1.807, 2.05) is 25.1 Å². The molecule has 1 amide bonds. The van der Waals surface area contributed by atoms with Crippen LogP contribution in [0.5, 0.6) is 0 Å². The Morgan fingerprint density at radius 3 is 3.18 bits per heavy atom. The minimum Gasteiger partial charge on any atom is -0.380 e. The topological polar surface area (TPSA) is 53.6 Å². The van der Waals surface area contributed by atoms with Crippen LogP contribution in [-0.2, 0) is 9.53 Å². The molecule has 22 heavy (non-hydrogen) atoms. The number of amides is 1. The molecular formula is C16H24ClN3O2. The third kappa shape index (κ3) is 5.25. The van der Waals surface area contributed by atoms with Crippen molar-refractivity contribution in [3.63, 3.8) is 0 Å². The van der Waals surface area contributed by atoms with Crippen molar-refractivity contribution >= 4 is 17.5 Å². The third-order valence-corrected chi connectivity index (χ3v) is 3.94. The SMILES string of the molecule is CCOCCNC(=O)CN1CCNCC1c1cccc(Cl)c1. The predicted molar refractivity (Wildman–Crippen MR) is 88.1 cm³/mol. The van der Waals surface area contributed by atoms with Gasteiger partial charge in [0.1, 0.15) is 0 Å². The molecule has 1 aliphatic rings. The average Bonchev–Trinajstić information content (AvgIpc) is 2.52. The number of nitrogens with one attached hydrogen (secondary N) is 2. The first-order valence-corrected chi connectivity index (χ1v) is 8.13. The van der Waals surface area contributed by atoms with Crippen LogP contribution < -0.4 is 10.6 Å². The fraction of sp³-hybridized carbons (Fsp3) is 0.562. The zero-order valence-corrected chi connectivity index (χ0v) is 13.7. The highest BCUT2D eigenvalue weighted by molar-refractivity contribution is 6.30. The molecule has 5 nitrogen and oxygen atoms in total. The molecule has 0 aliphatic carbocycles. The molecule has 0 saturated carbocycles. The molecule has 0 spiro atoms. The summed E-state index contributed by atoms with van der Waals surface area (Å²) in [5, 5.41) is 7.00. The number of nitrogens with zero attached hydrogens (tertiary/aromatic N) is 1. The fourth-order valence-electron chi connectivity index (χ4n) is 2.63. The summed E-state index contributed by atoms with van der Waals surface area (Å²) >= 11 is 6.08. The summed E-state index contributed by atoms with van der Waals surface area (Å²) in [6, 6.07) is 8.02. The Balaban J connectivity index is 1.91. The van der Waals surface area contributed by atoms with Crippen LogP contribution in [0.15, 0.2) is 24.3 Å². The molecule has 6 heteroatoms. The number of hydrogen-bond acceptors (Lipinski definition) is 4. The molecule has 1 atom stereocenters. The van der Waals surface area contributed by atoms with Gasteiger partial charge >= 0.3 is 0 Å². The second kappa shape index (κ2) is 9.10. The lowest BCUT2D eigenvalue weighted by atomic mass is 10.0. The van der Waals surface area contributed by atoms with Crippen LogP contribution in [0.2, 0.25) is 5.02 Å². The fourth-order valence-corrected chi connectivity index (χ4v) is 2.82. The quantitative estimate of drug-likeness (QED) is 0.745. The number of carbonyl (C=O) groups excluding carboxylic acids is 1. The lowest BCUT2D eigenvalue weighted by molar-refractivity contribution is -0.123. The maximum atomic E-state index is 12.1. The van der Waals surface area contributed by atoms with Crippen molar-refractivity contribution in [2.75, 3.05) is 45.9 Å². The molecule has 0 bridgehead atoms. The van der Waals surface area contributed by atoms with Gasteiger partial charge < -0.3 is 15.4 Å². The lowest BCUT2D eigenvalue weighted by Gasteiger charge is -2.36. The van der Waals surface area contributed by atoms with E-state index in [-0.39, 0.29) is 11.9 Å². The predicted octanol–water partition coefficient (Wildman–Crippen LogP) is 1.44. The van der Waals surface area contributed by atoms with Crippen LogP contribution >= 0.6 is 11.6 Å². The van der Waals surface area contributed by atoms with Gasteiger partial charge in [0.05, 0.1) is 13.2 Å². The summed E-state index contributed by atoms with van der Waals surface area (Å²) in [4.78, 5) is 14.3. The molecule has 2 rings (SSSR count). The second-order valence-electron chi connectivity index (χ2n) is 5.29. The summed E-state index contributed by atoms with van der Waals surface area (Å²) in [5.74, 6) is 0.0358. The lowest BCUT2D eigenvalue weighted by Crippen LogP contribution is -2.49. The molecule has 1 heterocycles. The molecule has 1 unspecified atom stereocenters. The average molecular weight is 326 g/mol. The van der Waals surface area contributed by atoms with E-state index in [2.05, 4.69) is 21.6 Å². The summed E-state index contributed by atoms with van der Waals surface area (Å²) in [6.45, 7) is 6.68. The van der Waals surface area contributed by atoms with E-state index in [1.54, 1.807) is 0 Å². The molecule has 0 radical (unpaired) electrons. The molecule has 122 valence electrons. The Bertz CT molecular complexity index is 484. The smallest absolute Gasteiger partial charge is 0.234 e. The van der Waals surface area contributed by atoms with Gasteiger partial charge in [0.15, 0.2) is 0 Å². The van der Waals surface area contributed by atoms with Gasteiger partial charge in [-0.3, -0.25) is 9.69 Å². The van der Waals surface area contributed by atoms with Crippen molar-refractivity contribution in [1.82, 2.24) is 15.5 Å². The van der Waals surface area contributed by atoms with E-state index in [9.17, 15) is 4.79 Å². The van der Waals surface area contributed by atoms with Gasteiger partial charge in [-0.15, -0.1) is 0 Å². The standard InChI is InChI=1S/C16H24ClN3O2/c1-2-22-9-7-19-16(21)12-20-8-6-18-11-15(20)13-4-3-5-14(17)10-13/h3-5,10,15,18H,2,6-9,11-12H2,1H3,(H,19,21). The van der Waals surface area contributed by atoms with E-state index < -0.39 is 0 Å². The number of halogens is 1. The molecule has 1 aromatic carbocycles. The van der Waals surface area contributed by atoms with Crippen molar-refractivity contribution in [1.29, 1.82) is 0 Å². The van der Waals surface area contributed by atoms with Crippen LogP contribution in [0.1, 0.15) is 18.5 Å². The number of hydrogen-bond donors (Lipinski definition) is 2. The van der Waals surface area contributed by atoms with Crippen molar-refractivity contribution in [3.05, 3.63) is 34.9 Å². The number of benzene rings is 1. The Labute approximate surface area is 137 Å². The van der Waals surface area contributed by atoms with Gasteiger partial charge in [0.2, 0.25) is 5.91 Å². The largest absolute Gasteiger partial charge is 0.380 e. The molecule has 0 aromatic heterocycles. The zero-order valence-electron chi connectivity index (χ0n) is 13.0. The zero-order chi connectivity index (χ0) is 15.8. The number of ether oxygens (including phenoxy) is 1. The Morgan fingerprint density at radius 1 is 1.55 bits per heavy atom.